The fraction of sp³-hybridized carbons (Fsp3) is 0.200. The minimum Gasteiger partial charge on any atom is -0.308 e. The van der Waals surface area contributed by atoms with Crippen molar-refractivity contribution in [1.29, 1.82) is 0 Å². The van der Waals surface area contributed by atoms with Crippen LogP contribution in [-0.4, -0.2) is 14.8 Å². The molecule has 0 saturated carbocycles. The van der Waals surface area contributed by atoms with Crippen molar-refractivity contribution in [3.8, 4) is 0 Å². The highest BCUT2D eigenvalue weighted by Gasteiger charge is 2.06. The van der Waals surface area contributed by atoms with Gasteiger partial charge in [0.2, 0.25) is 0 Å². The average Bonchev–Trinajstić information content (AvgIpc) is 3.16. The van der Waals surface area contributed by atoms with Gasteiger partial charge in [-0.25, -0.2) is 0 Å². The zero-order valence-electron chi connectivity index (χ0n) is 11.3. The molecule has 108 valence electrons. The molecule has 2 heterocycles. The summed E-state index contributed by atoms with van der Waals surface area (Å²) in [4.78, 5) is 1.40. The molecule has 2 aromatic heterocycles. The van der Waals surface area contributed by atoms with Gasteiger partial charge in [0.1, 0.15) is 6.33 Å². The lowest BCUT2D eigenvalue weighted by Crippen LogP contribution is -2.01. The van der Waals surface area contributed by atoms with Crippen LogP contribution < -0.4 is 0 Å². The van der Waals surface area contributed by atoms with Gasteiger partial charge in [-0.3, -0.25) is 0 Å². The first-order valence-corrected chi connectivity index (χ1v) is 9.24. The normalized spacial score (nSPS) is 10.9. The summed E-state index contributed by atoms with van der Waals surface area (Å²) in [5.74, 6) is 0.908. The molecule has 0 bridgehead atoms. The maximum absolute atomic E-state index is 4.22. The maximum Gasteiger partial charge on any atom is 0.191 e. The molecule has 0 aliphatic carbocycles. The second-order valence-corrected chi connectivity index (χ2v) is 7.44. The van der Waals surface area contributed by atoms with Gasteiger partial charge < -0.3 is 4.57 Å². The van der Waals surface area contributed by atoms with Crippen LogP contribution in [0.2, 0.25) is 0 Å². The summed E-state index contributed by atoms with van der Waals surface area (Å²) >= 11 is 6.98. The Morgan fingerprint density at radius 1 is 1.19 bits per heavy atom. The van der Waals surface area contributed by atoms with E-state index < -0.39 is 0 Å². The minimum absolute atomic E-state index is 0.908. The first kappa shape index (κ1) is 14.8. The van der Waals surface area contributed by atoms with Crippen LogP contribution in [-0.2, 0) is 18.7 Å². The molecule has 0 N–H and O–H groups in total. The van der Waals surface area contributed by atoms with E-state index in [1.54, 1.807) is 23.1 Å². The number of halogens is 1. The molecule has 3 rings (SSSR count). The summed E-state index contributed by atoms with van der Waals surface area (Å²) in [6.07, 6.45) is 2.85. The van der Waals surface area contributed by atoms with Gasteiger partial charge in [-0.2, -0.15) is 0 Å². The van der Waals surface area contributed by atoms with Crippen molar-refractivity contribution in [3.63, 3.8) is 0 Å². The Morgan fingerprint density at radius 2 is 2.05 bits per heavy atom. The van der Waals surface area contributed by atoms with Crippen molar-refractivity contribution in [2.24, 2.45) is 0 Å². The fourth-order valence-electron chi connectivity index (χ4n) is 1.92. The van der Waals surface area contributed by atoms with Gasteiger partial charge in [0.25, 0.3) is 0 Å². The van der Waals surface area contributed by atoms with E-state index in [4.69, 9.17) is 0 Å². The van der Waals surface area contributed by atoms with Crippen molar-refractivity contribution in [3.05, 3.63) is 63.0 Å². The van der Waals surface area contributed by atoms with Crippen molar-refractivity contribution in [1.82, 2.24) is 14.8 Å². The van der Waals surface area contributed by atoms with Gasteiger partial charge >= 0.3 is 0 Å². The number of rotatable bonds is 6. The molecule has 0 aliphatic rings. The molecule has 0 aliphatic heterocycles. The maximum atomic E-state index is 4.22. The molecule has 0 fully saturated rings. The quantitative estimate of drug-likeness (QED) is 0.584. The van der Waals surface area contributed by atoms with E-state index in [1.165, 1.54) is 10.4 Å². The van der Waals surface area contributed by atoms with E-state index in [9.17, 15) is 0 Å². The predicted molar refractivity (Wildman–Crippen MR) is 91.7 cm³/mol. The molecule has 6 heteroatoms. The smallest absolute Gasteiger partial charge is 0.191 e. The largest absolute Gasteiger partial charge is 0.308 e. The zero-order chi connectivity index (χ0) is 14.5. The van der Waals surface area contributed by atoms with Crippen molar-refractivity contribution in [2.45, 2.75) is 23.9 Å². The highest BCUT2D eigenvalue weighted by molar-refractivity contribution is 9.10. The standard InChI is InChI=1S/C15H14BrN3S2/c16-13-5-3-12(4-6-13)10-21-15-18-17-11-19(15)8-7-14-2-1-9-20-14/h1-6,9,11H,7-8,10H2. The van der Waals surface area contributed by atoms with Crippen LogP contribution in [0.4, 0.5) is 0 Å². The van der Waals surface area contributed by atoms with Crippen LogP contribution in [0.1, 0.15) is 10.4 Å². The average molecular weight is 380 g/mol. The Balaban J connectivity index is 1.58. The third-order valence-corrected chi connectivity index (χ3v) is 5.56. The molecule has 0 unspecified atom stereocenters. The highest BCUT2D eigenvalue weighted by Crippen LogP contribution is 2.22. The van der Waals surface area contributed by atoms with Gasteiger partial charge in [-0.15, -0.1) is 21.5 Å². The molecule has 21 heavy (non-hydrogen) atoms. The fourth-order valence-corrected chi connectivity index (χ4v) is 3.78. The number of hydrogen-bond donors (Lipinski definition) is 0. The zero-order valence-corrected chi connectivity index (χ0v) is 14.5. The second-order valence-electron chi connectivity index (χ2n) is 4.55. The summed E-state index contributed by atoms with van der Waals surface area (Å²) < 4.78 is 3.24. The lowest BCUT2D eigenvalue weighted by Gasteiger charge is -2.05. The molecule has 0 spiro atoms. The summed E-state index contributed by atoms with van der Waals surface area (Å²) in [6.45, 7) is 0.927. The van der Waals surface area contributed by atoms with E-state index in [0.717, 1.165) is 28.3 Å². The number of thiophene rings is 1. The van der Waals surface area contributed by atoms with Crippen LogP contribution in [0.15, 0.2) is 57.7 Å². The summed E-state index contributed by atoms with van der Waals surface area (Å²) in [5, 5.41) is 11.4. The summed E-state index contributed by atoms with van der Waals surface area (Å²) in [6, 6.07) is 12.7. The lowest BCUT2D eigenvalue weighted by atomic mass is 10.2. The highest BCUT2D eigenvalue weighted by atomic mass is 79.9. The van der Waals surface area contributed by atoms with Crippen LogP contribution in [0.25, 0.3) is 0 Å². The van der Waals surface area contributed by atoms with Gasteiger partial charge in [-0.05, 0) is 35.6 Å². The number of thioether (sulfide) groups is 1. The third kappa shape index (κ3) is 4.18. The van der Waals surface area contributed by atoms with Gasteiger partial charge in [0, 0.05) is 21.6 Å². The summed E-state index contributed by atoms with van der Waals surface area (Å²) in [7, 11) is 0. The van der Waals surface area contributed by atoms with Crippen LogP contribution >= 0.6 is 39.0 Å². The molecule has 3 nitrogen and oxygen atoms in total. The molecular formula is C15H14BrN3S2. The Kier molecular flexibility index (Phi) is 5.11. The predicted octanol–water partition coefficient (Wildman–Crippen LogP) is 4.64. The van der Waals surface area contributed by atoms with Gasteiger partial charge in [0.05, 0.1) is 0 Å². The first-order valence-electron chi connectivity index (χ1n) is 6.59. The van der Waals surface area contributed by atoms with Gasteiger partial charge in [-0.1, -0.05) is 45.9 Å². The SMILES string of the molecule is Brc1ccc(CSc2nncn2CCc2cccs2)cc1. The molecule has 0 radical (unpaired) electrons. The number of benzene rings is 1. The molecule has 0 atom stereocenters. The van der Waals surface area contributed by atoms with E-state index in [1.807, 2.05) is 6.33 Å². The molecule has 1 aromatic carbocycles. The van der Waals surface area contributed by atoms with E-state index in [0.29, 0.717) is 0 Å². The number of nitrogens with zero attached hydrogens (tertiary/aromatic N) is 3. The Hall–Kier alpha value is -1.11. The van der Waals surface area contributed by atoms with Crippen LogP contribution in [0.5, 0.6) is 0 Å². The van der Waals surface area contributed by atoms with Crippen LogP contribution in [0, 0.1) is 0 Å². The van der Waals surface area contributed by atoms with Crippen molar-refractivity contribution in [2.75, 3.05) is 0 Å². The van der Waals surface area contributed by atoms with E-state index in [2.05, 4.69) is 72.5 Å². The monoisotopic (exact) mass is 379 g/mol. The van der Waals surface area contributed by atoms with E-state index in [-0.39, 0.29) is 0 Å². The Bertz CT molecular complexity index is 677. The third-order valence-electron chi connectivity index (χ3n) is 3.04. The minimum atomic E-state index is 0.908. The lowest BCUT2D eigenvalue weighted by molar-refractivity contribution is 0.637. The molecule has 0 amide bonds. The topological polar surface area (TPSA) is 30.7 Å². The molecular weight excluding hydrogens is 366 g/mol. The Morgan fingerprint density at radius 3 is 2.81 bits per heavy atom. The molecule has 3 aromatic rings. The van der Waals surface area contributed by atoms with E-state index >= 15 is 0 Å². The van der Waals surface area contributed by atoms with Crippen molar-refractivity contribution >= 4 is 39.0 Å². The molecule has 0 saturated heterocycles. The number of aryl methyl sites for hydroxylation is 2. The van der Waals surface area contributed by atoms with Crippen molar-refractivity contribution < 1.29 is 0 Å². The number of hydrogen-bond acceptors (Lipinski definition) is 4. The summed E-state index contributed by atoms with van der Waals surface area (Å²) in [5.41, 5.74) is 1.29. The first-order chi connectivity index (χ1) is 10.3. The second kappa shape index (κ2) is 7.24. The Labute approximate surface area is 140 Å². The van der Waals surface area contributed by atoms with Gasteiger partial charge in [0.15, 0.2) is 5.16 Å². The number of aromatic nitrogens is 3. The van der Waals surface area contributed by atoms with Crippen LogP contribution in [0.3, 0.4) is 0 Å².